The van der Waals surface area contributed by atoms with Crippen molar-refractivity contribution in [1.29, 1.82) is 0 Å². The molecule has 12 heavy (non-hydrogen) atoms. The summed E-state index contributed by atoms with van der Waals surface area (Å²) in [5.74, 6) is 0. The largest absolute Gasteiger partial charge is 0.375 e. The quantitative estimate of drug-likeness (QED) is 0.679. The van der Waals surface area contributed by atoms with Crippen molar-refractivity contribution >= 4 is 0 Å². The van der Waals surface area contributed by atoms with Gasteiger partial charge in [0.15, 0.2) is 0 Å². The van der Waals surface area contributed by atoms with Crippen LogP contribution in [0.1, 0.15) is 39.5 Å². The van der Waals surface area contributed by atoms with Crippen LogP contribution < -0.4 is 5.32 Å². The molecular weight excluding hydrogens is 150 g/mol. The van der Waals surface area contributed by atoms with Crippen LogP contribution in [-0.4, -0.2) is 24.3 Å². The van der Waals surface area contributed by atoms with Crippen molar-refractivity contribution < 1.29 is 4.74 Å². The predicted molar refractivity (Wildman–Crippen MR) is 49.2 cm³/mol. The minimum Gasteiger partial charge on any atom is -0.375 e. The second-order valence-corrected chi connectivity index (χ2v) is 4.51. The van der Waals surface area contributed by atoms with E-state index in [0.29, 0.717) is 17.7 Å². The summed E-state index contributed by atoms with van der Waals surface area (Å²) in [7, 11) is 0. The Labute approximate surface area is 74.7 Å². The maximum atomic E-state index is 5.83. The maximum Gasteiger partial charge on any atom is 0.0608 e. The summed E-state index contributed by atoms with van der Waals surface area (Å²) in [5.41, 5.74) is 0.512. The Bertz CT molecular complexity index is 163. The first-order valence-electron chi connectivity index (χ1n) is 5.11. The SMILES string of the molecule is CC(C)OC1CCNC2(CC2)C1. The van der Waals surface area contributed by atoms with Crippen molar-refractivity contribution in [2.45, 2.75) is 57.3 Å². The molecule has 1 saturated heterocycles. The van der Waals surface area contributed by atoms with Crippen molar-refractivity contribution in [1.82, 2.24) is 5.32 Å². The molecular formula is C10H19NO. The van der Waals surface area contributed by atoms with Gasteiger partial charge in [-0.2, -0.15) is 0 Å². The van der Waals surface area contributed by atoms with Gasteiger partial charge in [0.25, 0.3) is 0 Å². The lowest BCUT2D eigenvalue weighted by atomic mass is 10.00. The van der Waals surface area contributed by atoms with Crippen LogP contribution in [0.4, 0.5) is 0 Å². The molecule has 0 amide bonds. The number of hydrogen-bond acceptors (Lipinski definition) is 2. The molecule has 2 fully saturated rings. The third-order valence-corrected chi connectivity index (χ3v) is 2.90. The summed E-state index contributed by atoms with van der Waals surface area (Å²) in [6.45, 7) is 5.40. The fourth-order valence-electron chi connectivity index (χ4n) is 2.14. The minimum absolute atomic E-state index is 0.392. The van der Waals surface area contributed by atoms with E-state index in [1.165, 1.54) is 25.7 Å². The topological polar surface area (TPSA) is 21.3 Å². The van der Waals surface area contributed by atoms with Crippen molar-refractivity contribution in [3.63, 3.8) is 0 Å². The van der Waals surface area contributed by atoms with Gasteiger partial charge in [0.05, 0.1) is 12.2 Å². The Kier molecular flexibility index (Phi) is 2.13. The molecule has 1 atom stereocenters. The van der Waals surface area contributed by atoms with E-state index >= 15 is 0 Å². The average Bonchev–Trinajstić information content (AvgIpc) is 2.68. The van der Waals surface area contributed by atoms with Crippen molar-refractivity contribution in [3.05, 3.63) is 0 Å². The molecule has 0 aromatic rings. The zero-order valence-electron chi connectivity index (χ0n) is 8.10. The molecule has 1 aliphatic heterocycles. The van der Waals surface area contributed by atoms with Crippen LogP contribution in [0.25, 0.3) is 0 Å². The second-order valence-electron chi connectivity index (χ2n) is 4.51. The van der Waals surface area contributed by atoms with E-state index in [1.54, 1.807) is 0 Å². The van der Waals surface area contributed by atoms with Crippen LogP contribution in [0.3, 0.4) is 0 Å². The normalized spacial score (nSPS) is 32.8. The van der Waals surface area contributed by atoms with E-state index in [4.69, 9.17) is 4.74 Å². The molecule has 2 rings (SSSR count). The molecule has 70 valence electrons. The highest BCUT2D eigenvalue weighted by atomic mass is 16.5. The maximum absolute atomic E-state index is 5.83. The van der Waals surface area contributed by atoms with Gasteiger partial charge in [-0.25, -0.2) is 0 Å². The van der Waals surface area contributed by atoms with Gasteiger partial charge in [-0.05, 0) is 46.1 Å². The summed E-state index contributed by atoms with van der Waals surface area (Å²) in [6.07, 6.45) is 6.08. The van der Waals surface area contributed by atoms with Gasteiger partial charge >= 0.3 is 0 Å². The van der Waals surface area contributed by atoms with Gasteiger partial charge in [0.1, 0.15) is 0 Å². The molecule has 0 aromatic carbocycles. The Morgan fingerprint density at radius 2 is 2.17 bits per heavy atom. The van der Waals surface area contributed by atoms with Gasteiger partial charge in [-0.3, -0.25) is 0 Å². The van der Waals surface area contributed by atoms with Crippen LogP contribution in [0.2, 0.25) is 0 Å². The lowest BCUT2D eigenvalue weighted by Gasteiger charge is -2.31. The van der Waals surface area contributed by atoms with Gasteiger partial charge in [0, 0.05) is 5.54 Å². The van der Waals surface area contributed by atoms with Crippen molar-refractivity contribution in [3.8, 4) is 0 Å². The Morgan fingerprint density at radius 1 is 1.42 bits per heavy atom. The van der Waals surface area contributed by atoms with E-state index in [2.05, 4.69) is 19.2 Å². The summed E-state index contributed by atoms with van der Waals surface area (Å²) >= 11 is 0. The standard InChI is InChI=1S/C10H19NO/c1-8(2)12-9-3-6-11-10(7-9)4-5-10/h8-9,11H,3-7H2,1-2H3. The summed E-state index contributed by atoms with van der Waals surface area (Å²) in [5, 5.41) is 3.59. The summed E-state index contributed by atoms with van der Waals surface area (Å²) in [4.78, 5) is 0. The molecule has 1 saturated carbocycles. The molecule has 2 nitrogen and oxygen atoms in total. The van der Waals surface area contributed by atoms with Crippen LogP contribution in [0.5, 0.6) is 0 Å². The van der Waals surface area contributed by atoms with E-state index in [1.807, 2.05) is 0 Å². The van der Waals surface area contributed by atoms with Gasteiger partial charge in [-0.1, -0.05) is 0 Å². The third kappa shape index (κ3) is 1.80. The Balaban J connectivity index is 1.83. The highest BCUT2D eigenvalue weighted by molar-refractivity contribution is 5.05. The van der Waals surface area contributed by atoms with E-state index < -0.39 is 0 Å². The highest BCUT2D eigenvalue weighted by Crippen LogP contribution is 2.42. The molecule has 1 aliphatic carbocycles. The van der Waals surface area contributed by atoms with Gasteiger partial charge < -0.3 is 10.1 Å². The number of rotatable bonds is 2. The molecule has 2 heteroatoms. The molecule has 0 aromatic heterocycles. The third-order valence-electron chi connectivity index (χ3n) is 2.90. The Hall–Kier alpha value is -0.0800. The van der Waals surface area contributed by atoms with Gasteiger partial charge in [0.2, 0.25) is 0 Å². The molecule has 1 unspecified atom stereocenters. The van der Waals surface area contributed by atoms with Crippen LogP contribution in [-0.2, 0) is 4.74 Å². The highest BCUT2D eigenvalue weighted by Gasteiger charge is 2.46. The van der Waals surface area contributed by atoms with Crippen molar-refractivity contribution in [2.24, 2.45) is 0 Å². The first-order chi connectivity index (χ1) is 5.70. The number of hydrogen-bond donors (Lipinski definition) is 1. The van der Waals surface area contributed by atoms with E-state index in [9.17, 15) is 0 Å². The lowest BCUT2D eigenvalue weighted by molar-refractivity contribution is -0.0192. The zero-order chi connectivity index (χ0) is 8.60. The molecule has 2 aliphatic rings. The first-order valence-corrected chi connectivity index (χ1v) is 5.11. The fraction of sp³-hybridized carbons (Fsp3) is 1.00. The molecule has 1 N–H and O–H groups in total. The predicted octanol–water partition coefficient (Wildman–Crippen LogP) is 1.70. The smallest absolute Gasteiger partial charge is 0.0608 e. The number of nitrogens with one attached hydrogen (secondary N) is 1. The Morgan fingerprint density at radius 3 is 2.75 bits per heavy atom. The van der Waals surface area contributed by atoms with Crippen LogP contribution in [0.15, 0.2) is 0 Å². The monoisotopic (exact) mass is 169 g/mol. The summed E-state index contributed by atoms with van der Waals surface area (Å²) < 4.78 is 5.83. The van der Waals surface area contributed by atoms with Crippen LogP contribution in [0, 0.1) is 0 Å². The summed E-state index contributed by atoms with van der Waals surface area (Å²) in [6, 6.07) is 0. The van der Waals surface area contributed by atoms with E-state index in [-0.39, 0.29) is 0 Å². The lowest BCUT2D eigenvalue weighted by Crippen LogP contribution is -2.43. The van der Waals surface area contributed by atoms with Crippen LogP contribution >= 0.6 is 0 Å². The van der Waals surface area contributed by atoms with E-state index in [0.717, 1.165) is 6.54 Å². The number of piperidine rings is 1. The number of ether oxygens (including phenoxy) is 1. The second kappa shape index (κ2) is 3.00. The average molecular weight is 169 g/mol. The molecule has 1 spiro atoms. The zero-order valence-corrected chi connectivity index (χ0v) is 8.10. The van der Waals surface area contributed by atoms with Gasteiger partial charge in [-0.15, -0.1) is 0 Å². The molecule has 0 bridgehead atoms. The molecule has 1 heterocycles. The first kappa shape index (κ1) is 8.52. The minimum atomic E-state index is 0.392. The molecule has 0 radical (unpaired) electrons. The fourth-order valence-corrected chi connectivity index (χ4v) is 2.14. The van der Waals surface area contributed by atoms with Crippen molar-refractivity contribution in [2.75, 3.05) is 6.54 Å².